The molecule has 0 spiro atoms. The van der Waals surface area contributed by atoms with Crippen LogP contribution in [0.25, 0.3) is 0 Å². The molecule has 0 atom stereocenters. The Labute approximate surface area is 142 Å². The van der Waals surface area contributed by atoms with Gasteiger partial charge in [-0.05, 0) is 13.8 Å². The summed E-state index contributed by atoms with van der Waals surface area (Å²) in [6, 6.07) is 1.87. The molecule has 24 heavy (non-hydrogen) atoms. The number of imidazole rings is 1. The Kier molecular flexibility index (Phi) is 5.40. The van der Waals surface area contributed by atoms with E-state index >= 15 is 0 Å². The summed E-state index contributed by atoms with van der Waals surface area (Å²) in [6.45, 7) is 4.19. The Bertz CT molecular complexity index is 795. The molecule has 0 amide bonds. The average molecular weight is 353 g/mol. The number of nitrogens with one attached hydrogen (secondary N) is 2. The summed E-state index contributed by atoms with van der Waals surface area (Å²) in [5.74, 6) is 1.89. The van der Waals surface area contributed by atoms with E-state index in [0.717, 1.165) is 11.5 Å². The summed E-state index contributed by atoms with van der Waals surface area (Å²) in [6.07, 6.45) is 1.48. The average Bonchev–Trinajstić information content (AvgIpc) is 2.83. The number of sulfonamides is 1. The maximum Gasteiger partial charge on any atom is 0.259 e. The van der Waals surface area contributed by atoms with Crippen LogP contribution in [0.15, 0.2) is 17.3 Å². The first-order chi connectivity index (χ1) is 11.2. The second-order valence-corrected chi connectivity index (χ2v) is 7.36. The molecule has 0 aliphatic heterocycles. The third-order valence-electron chi connectivity index (χ3n) is 3.36. The predicted octanol–water partition coefficient (Wildman–Crippen LogP) is 0.283. The van der Waals surface area contributed by atoms with Crippen molar-refractivity contribution >= 4 is 21.8 Å². The van der Waals surface area contributed by atoms with Crippen molar-refractivity contribution in [2.24, 2.45) is 7.05 Å². The fourth-order valence-corrected chi connectivity index (χ4v) is 3.02. The lowest BCUT2D eigenvalue weighted by Crippen LogP contribution is -2.29. The van der Waals surface area contributed by atoms with Gasteiger partial charge in [-0.25, -0.2) is 23.1 Å². The highest BCUT2D eigenvalue weighted by atomic mass is 32.2. The standard InChI is InChI=1S/C14H23N7O2S/c1-10-8-12(20(3)4)19-14(17-10)15-6-7-16-24(22,23)13-9-21(5)11(2)18-13/h8-9,16H,6-7H2,1-5H3,(H,15,17,19). The summed E-state index contributed by atoms with van der Waals surface area (Å²) in [4.78, 5) is 14.5. The Morgan fingerprint density at radius 2 is 1.88 bits per heavy atom. The number of aryl methyl sites for hydroxylation is 3. The zero-order valence-electron chi connectivity index (χ0n) is 14.5. The van der Waals surface area contributed by atoms with Gasteiger partial charge in [0.15, 0.2) is 5.03 Å². The van der Waals surface area contributed by atoms with Gasteiger partial charge in [-0.3, -0.25) is 0 Å². The predicted molar refractivity (Wildman–Crippen MR) is 92.7 cm³/mol. The van der Waals surface area contributed by atoms with Crippen molar-refractivity contribution in [1.82, 2.24) is 24.2 Å². The molecule has 0 aromatic carbocycles. The second kappa shape index (κ2) is 7.14. The Morgan fingerprint density at radius 3 is 2.46 bits per heavy atom. The van der Waals surface area contributed by atoms with Crippen molar-refractivity contribution in [3.63, 3.8) is 0 Å². The third kappa shape index (κ3) is 4.42. The Balaban J connectivity index is 1.93. The number of nitrogens with zero attached hydrogens (tertiary/aromatic N) is 5. The highest BCUT2D eigenvalue weighted by Gasteiger charge is 2.17. The molecule has 0 unspecified atom stereocenters. The number of hydrogen-bond donors (Lipinski definition) is 2. The zero-order chi connectivity index (χ0) is 17.9. The van der Waals surface area contributed by atoms with Crippen molar-refractivity contribution in [2.45, 2.75) is 18.9 Å². The number of rotatable bonds is 7. The minimum absolute atomic E-state index is 0.0178. The van der Waals surface area contributed by atoms with E-state index in [1.54, 1.807) is 18.5 Å². The summed E-state index contributed by atoms with van der Waals surface area (Å²) in [5, 5.41) is 3.04. The van der Waals surface area contributed by atoms with Crippen LogP contribution >= 0.6 is 0 Å². The van der Waals surface area contributed by atoms with Crippen molar-refractivity contribution in [3.8, 4) is 0 Å². The molecule has 2 aromatic heterocycles. The van der Waals surface area contributed by atoms with Gasteiger partial charge < -0.3 is 14.8 Å². The molecule has 10 heteroatoms. The van der Waals surface area contributed by atoms with Gasteiger partial charge >= 0.3 is 0 Å². The first-order valence-electron chi connectivity index (χ1n) is 7.45. The van der Waals surface area contributed by atoms with Gasteiger partial charge in [0.1, 0.15) is 11.6 Å². The van der Waals surface area contributed by atoms with E-state index in [0.29, 0.717) is 18.3 Å². The quantitative estimate of drug-likeness (QED) is 0.689. The van der Waals surface area contributed by atoms with Gasteiger partial charge in [0.05, 0.1) is 0 Å². The summed E-state index contributed by atoms with van der Waals surface area (Å²) < 4.78 is 28.5. The maximum atomic E-state index is 12.2. The van der Waals surface area contributed by atoms with Crippen molar-refractivity contribution in [2.75, 3.05) is 37.4 Å². The molecule has 9 nitrogen and oxygen atoms in total. The molecule has 0 saturated heterocycles. The van der Waals surface area contributed by atoms with Crippen molar-refractivity contribution < 1.29 is 8.42 Å². The van der Waals surface area contributed by atoms with Gasteiger partial charge in [-0.2, -0.15) is 4.98 Å². The minimum atomic E-state index is -3.62. The van der Waals surface area contributed by atoms with Crippen molar-refractivity contribution in [3.05, 3.63) is 23.8 Å². The van der Waals surface area contributed by atoms with Crippen LogP contribution < -0.4 is 14.9 Å². The largest absolute Gasteiger partial charge is 0.363 e. The highest BCUT2D eigenvalue weighted by Crippen LogP contribution is 2.11. The summed E-state index contributed by atoms with van der Waals surface area (Å²) in [5.41, 5.74) is 0.834. The highest BCUT2D eigenvalue weighted by molar-refractivity contribution is 7.89. The fourth-order valence-electron chi connectivity index (χ4n) is 1.95. The van der Waals surface area contributed by atoms with E-state index in [-0.39, 0.29) is 11.6 Å². The van der Waals surface area contributed by atoms with Crippen LogP contribution in [0.2, 0.25) is 0 Å². The topological polar surface area (TPSA) is 105 Å². The third-order valence-corrected chi connectivity index (χ3v) is 4.69. The van der Waals surface area contributed by atoms with E-state index in [1.807, 2.05) is 32.0 Å². The molecule has 0 saturated carbocycles. The fraction of sp³-hybridized carbons (Fsp3) is 0.500. The molecule has 2 rings (SSSR count). The van der Waals surface area contributed by atoms with E-state index < -0.39 is 10.0 Å². The van der Waals surface area contributed by atoms with E-state index in [4.69, 9.17) is 0 Å². The number of anilines is 2. The SMILES string of the molecule is Cc1cc(N(C)C)nc(NCCNS(=O)(=O)c2cn(C)c(C)n2)n1. The molecular formula is C14H23N7O2S. The number of aromatic nitrogens is 4. The van der Waals surface area contributed by atoms with E-state index in [1.165, 1.54) is 6.20 Å². The van der Waals surface area contributed by atoms with Crippen LogP contribution in [0.5, 0.6) is 0 Å². The van der Waals surface area contributed by atoms with Gasteiger partial charge in [0.25, 0.3) is 10.0 Å². The Morgan fingerprint density at radius 1 is 1.17 bits per heavy atom. The van der Waals surface area contributed by atoms with Crippen LogP contribution in [0, 0.1) is 13.8 Å². The lowest BCUT2D eigenvalue weighted by Gasteiger charge is -2.13. The van der Waals surface area contributed by atoms with Crippen LogP contribution in [0.1, 0.15) is 11.5 Å². The van der Waals surface area contributed by atoms with Gasteiger partial charge in [-0.1, -0.05) is 0 Å². The molecule has 2 N–H and O–H groups in total. The molecule has 0 radical (unpaired) electrons. The molecule has 0 aliphatic carbocycles. The van der Waals surface area contributed by atoms with E-state index in [2.05, 4.69) is 25.0 Å². The summed E-state index contributed by atoms with van der Waals surface area (Å²) in [7, 11) is 1.93. The molecule has 0 bridgehead atoms. The monoisotopic (exact) mass is 353 g/mol. The molecule has 0 fully saturated rings. The van der Waals surface area contributed by atoms with Crippen LogP contribution in [-0.4, -0.2) is 55.1 Å². The lowest BCUT2D eigenvalue weighted by atomic mass is 10.4. The van der Waals surface area contributed by atoms with Gasteiger partial charge in [-0.15, -0.1) is 0 Å². The smallest absolute Gasteiger partial charge is 0.259 e. The summed E-state index contributed by atoms with van der Waals surface area (Å²) >= 11 is 0. The first kappa shape index (κ1) is 18.1. The molecule has 2 heterocycles. The number of hydrogen-bond acceptors (Lipinski definition) is 7. The molecule has 132 valence electrons. The Hall–Kier alpha value is -2.20. The molecule has 0 aliphatic rings. The zero-order valence-corrected chi connectivity index (χ0v) is 15.3. The normalized spacial score (nSPS) is 11.5. The molecular weight excluding hydrogens is 330 g/mol. The van der Waals surface area contributed by atoms with E-state index in [9.17, 15) is 8.42 Å². The minimum Gasteiger partial charge on any atom is -0.363 e. The van der Waals surface area contributed by atoms with Crippen LogP contribution in [-0.2, 0) is 17.1 Å². The van der Waals surface area contributed by atoms with Crippen LogP contribution in [0.4, 0.5) is 11.8 Å². The van der Waals surface area contributed by atoms with Crippen molar-refractivity contribution in [1.29, 1.82) is 0 Å². The second-order valence-electron chi connectivity index (χ2n) is 5.65. The molecule has 2 aromatic rings. The van der Waals surface area contributed by atoms with Gasteiger partial charge in [0, 0.05) is 52.2 Å². The lowest BCUT2D eigenvalue weighted by molar-refractivity contribution is 0.579. The van der Waals surface area contributed by atoms with Crippen LogP contribution in [0.3, 0.4) is 0 Å². The maximum absolute atomic E-state index is 12.2. The first-order valence-corrected chi connectivity index (χ1v) is 8.94. The van der Waals surface area contributed by atoms with Gasteiger partial charge in [0.2, 0.25) is 5.95 Å².